The molecule has 2 N–H and O–H groups in total. The fraction of sp³-hybridized carbons (Fsp3) is 0.455. The van der Waals surface area contributed by atoms with E-state index in [1.165, 1.54) is 27.7 Å². The van der Waals surface area contributed by atoms with Crippen LogP contribution in [0.5, 0.6) is 0 Å². The van der Waals surface area contributed by atoms with Crippen molar-refractivity contribution in [3.05, 3.63) is 27.9 Å². The molecule has 2 atom stereocenters. The van der Waals surface area contributed by atoms with Gasteiger partial charge in [0.2, 0.25) is 0 Å². The predicted molar refractivity (Wildman–Crippen MR) is 152 cm³/mol. The van der Waals surface area contributed by atoms with E-state index >= 15 is 0 Å². The lowest BCUT2D eigenvalue weighted by atomic mass is 10.1. The minimum absolute atomic E-state index is 0.147. The first-order chi connectivity index (χ1) is 17.2. The molecule has 203 valence electrons. The third-order valence-electron chi connectivity index (χ3n) is 4.14. The number of amides is 2. The van der Waals surface area contributed by atoms with Gasteiger partial charge in [0.05, 0.1) is 24.2 Å². The fourth-order valence-corrected chi connectivity index (χ4v) is 6.83. The maximum atomic E-state index is 13.0. The van der Waals surface area contributed by atoms with Crippen molar-refractivity contribution in [2.24, 2.45) is 0 Å². The molecule has 0 fully saturated rings. The van der Waals surface area contributed by atoms with Crippen LogP contribution in [-0.2, 0) is 38.1 Å². The number of halogens is 3. The molecule has 0 aliphatic carbocycles. The first-order valence-corrected chi connectivity index (χ1v) is 13.7. The van der Waals surface area contributed by atoms with Gasteiger partial charge >= 0.3 is 23.9 Å². The average Bonchev–Trinajstić information content (AvgIpc) is 2.76. The Labute approximate surface area is 254 Å². The van der Waals surface area contributed by atoms with Crippen LogP contribution in [0.3, 0.4) is 0 Å². The van der Waals surface area contributed by atoms with Gasteiger partial charge in [0.25, 0.3) is 11.8 Å². The van der Waals surface area contributed by atoms with Gasteiger partial charge in [-0.05, 0) is 67.8 Å². The Hall–Kier alpha value is -1.77. The number of esters is 4. The van der Waals surface area contributed by atoms with Crippen molar-refractivity contribution in [2.75, 3.05) is 26.3 Å². The summed E-state index contributed by atoms with van der Waals surface area (Å²) in [5, 5.41) is 5.23. The Morgan fingerprint density at radius 3 is 1.32 bits per heavy atom. The molecule has 2 amide bonds. The second-order valence-corrected chi connectivity index (χ2v) is 10.5. The Kier molecular flexibility index (Phi) is 14.6. The van der Waals surface area contributed by atoms with Crippen LogP contribution in [0.2, 0.25) is 0 Å². The van der Waals surface area contributed by atoms with Gasteiger partial charge in [-0.3, -0.25) is 28.8 Å². The third kappa shape index (κ3) is 12.1. The number of nitrogens with one attached hydrogen (secondary N) is 2. The monoisotopic (exact) mass is 857 g/mol. The predicted octanol–water partition coefficient (Wildman–Crippen LogP) is 1.75. The van der Waals surface area contributed by atoms with E-state index in [-0.39, 0.29) is 37.4 Å². The molecule has 12 nitrogen and oxygen atoms in total. The van der Waals surface area contributed by atoms with Crippen molar-refractivity contribution < 1.29 is 47.7 Å². The molecule has 37 heavy (non-hydrogen) atoms. The molecule has 0 saturated heterocycles. The summed E-state index contributed by atoms with van der Waals surface area (Å²) in [5.74, 6) is -3.50. The van der Waals surface area contributed by atoms with Crippen LogP contribution in [0, 0.1) is 16.8 Å². The summed E-state index contributed by atoms with van der Waals surface area (Å²) >= 11 is 5.69. The lowest BCUT2D eigenvalue weighted by Gasteiger charge is -2.19. The summed E-state index contributed by atoms with van der Waals surface area (Å²) in [4.78, 5) is 70.9. The van der Waals surface area contributed by atoms with Crippen molar-refractivity contribution in [1.29, 1.82) is 0 Å². The van der Waals surface area contributed by atoms with Gasteiger partial charge in [0, 0.05) is 44.5 Å². The van der Waals surface area contributed by atoms with Crippen molar-refractivity contribution >= 4 is 103 Å². The van der Waals surface area contributed by atoms with Gasteiger partial charge < -0.3 is 29.6 Å². The van der Waals surface area contributed by atoms with E-state index < -0.39 is 47.9 Å². The number of carbonyl (C=O) groups is 6. The van der Waals surface area contributed by atoms with E-state index in [1.54, 1.807) is 0 Å². The number of hydrogen-bond donors (Lipinski definition) is 2. The van der Waals surface area contributed by atoms with Crippen LogP contribution in [0.1, 0.15) is 48.4 Å². The Morgan fingerprint density at radius 2 is 1.03 bits per heavy atom. The molecule has 1 rings (SSSR count). The van der Waals surface area contributed by atoms with E-state index in [0.717, 1.165) is 0 Å². The largest absolute Gasteiger partial charge is 0.462 e. The minimum atomic E-state index is -0.910. The second kappa shape index (κ2) is 16.2. The zero-order chi connectivity index (χ0) is 28.3. The lowest BCUT2D eigenvalue weighted by molar-refractivity contribution is -0.155. The number of hydrogen-bond acceptors (Lipinski definition) is 10. The Balaban J connectivity index is 3.06. The molecule has 2 unspecified atom stereocenters. The van der Waals surface area contributed by atoms with Crippen LogP contribution >= 0.6 is 67.8 Å². The van der Waals surface area contributed by atoms with E-state index in [4.69, 9.17) is 18.9 Å². The van der Waals surface area contributed by atoms with Crippen LogP contribution in [0.15, 0.2) is 0 Å². The molecular weight excluding hydrogens is 833 g/mol. The summed E-state index contributed by atoms with van der Waals surface area (Å²) in [6.07, 6.45) is -1.82. The Bertz CT molecular complexity index is 985. The molecule has 15 heteroatoms. The highest BCUT2D eigenvalue weighted by molar-refractivity contribution is 14.1. The topological polar surface area (TPSA) is 163 Å². The zero-order valence-electron chi connectivity index (χ0n) is 20.2. The average molecular weight is 857 g/mol. The lowest BCUT2D eigenvalue weighted by Crippen LogP contribution is -2.39. The van der Waals surface area contributed by atoms with Gasteiger partial charge in [0.15, 0.2) is 12.2 Å². The zero-order valence-corrected chi connectivity index (χ0v) is 26.7. The van der Waals surface area contributed by atoms with E-state index in [9.17, 15) is 28.8 Å². The number of benzene rings is 1. The Morgan fingerprint density at radius 1 is 0.676 bits per heavy atom. The van der Waals surface area contributed by atoms with Crippen LogP contribution in [0.25, 0.3) is 0 Å². The van der Waals surface area contributed by atoms with Crippen LogP contribution < -0.4 is 10.6 Å². The molecule has 1 aromatic rings. The molecule has 0 aliphatic rings. The van der Waals surface area contributed by atoms with Crippen LogP contribution in [-0.4, -0.2) is 74.2 Å². The molecule has 0 heterocycles. The van der Waals surface area contributed by atoms with Gasteiger partial charge in [-0.2, -0.15) is 0 Å². The van der Waals surface area contributed by atoms with Crippen molar-refractivity contribution in [3.8, 4) is 0 Å². The summed E-state index contributed by atoms with van der Waals surface area (Å²) in [5.41, 5.74) is 0.328. The highest BCUT2D eigenvalue weighted by Gasteiger charge is 2.26. The smallest absolute Gasteiger partial charge is 0.303 e. The highest BCUT2D eigenvalue weighted by atomic mass is 127. The molecule has 1 radical (unpaired) electrons. The normalized spacial score (nSPS) is 12.0. The van der Waals surface area contributed by atoms with Crippen molar-refractivity contribution in [3.63, 3.8) is 0 Å². The van der Waals surface area contributed by atoms with Gasteiger partial charge in [-0.25, -0.2) is 0 Å². The number of carbonyl (C=O) groups excluding carboxylic acids is 6. The fourth-order valence-electron chi connectivity index (χ4n) is 2.69. The molecule has 0 aromatic heterocycles. The van der Waals surface area contributed by atoms with Crippen molar-refractivity contribution in [1.82, 2.24) is 10.6 Å². The quantitative estimate of drug-likeness (QED) is 0.180. The van der Waals surface area contributed by atoms with Crippen LogP contribution in [0.4, 0.5) is 0 Å². The van der Waals surface area contributed by atoms with Gasteiger partial charge in [-0.15, -0.1) is 0 Å². The summed E-state index contributed by atoms with van der Waals surface area (Å²) < 4.78 is 21.1. The SMILES string of the molecule is CC(=O)OCC(CNC(=O)c1c(I)[c]c(I)c(C(=O)NCC(COC(C)=O)OC(C)=O)c1I)OC(C)=O. The van der Waals surface area contributed by atoms with Gasteiger partial charge in [-0.1, -0.05) is 0 Å². The first kappa shape index (κ1) is 33.3. The molecule has 0 saturated carbocycles. The van der Waals surface area contributed by atoms with E-state index in [0.29, 0.717) is 10.7 Å². The molecule has 1 aromatic carbocycles. The third-order valence-corrected chi connectivity index (χ3v) is 6.84. The number of ether oxygens (including phenoxy) is 4. The minimum Gasteiger partial charge on any atom is -0.462 e. The van der Waals surface area contributed by atoms with Crippen molar-refractivity contribution in [2.45, 2.75) is 39.9 Å². The standard InChI is InChI=1S/C22H24I3N2O10/c1-10(28)34-8-14(36-12(3)30)6-26-21(32)18-16(23)5-17(24)19(20(18)25)22(33)27-7-15(37-13(4)31)9-35-11(2)29/h14-15H,6-9H2,1-4H3,(H,26,32)(H,27,33). The van der Waals surface area contributed by atoms with Gasteiger partial charge in [0.1, 0.15) is 13.2 Å². The second-order valence-electron chi connectivity index (χ2n) is 7.31. The summed E-state index contributed by atoms with van der Waals surface area (Å²) in [6, 6.07) is 2.97. The maximum Gasteiger partial charge on any atom is 0.303 e. The first-order valence-electron chi connectivity index (χ1n) is 10.5. The molecule has 0 aliphatic heterocycles. The number of rotatable bonds is 12. The molecular formula is C22H24I3N2O10. The van der Waals surface area contributed by atoms with E-state index in [2.05, 4.69) is 16.7 Å². The van der Waals surface area contributed by atoms with E-state index in [1.807, 2.05) is 67.8 Å². The maximum absolute atomic E-state index is 13.0. The molecule has 0 spiro atoms. The highest BCUT2D eigenvalue weighted by Crippen LogP contribution is 2.27. The summed E-state index contributed by atoms with van der Waals surface area (Å²) in [7, 11) is 0. The molecule has 0 bridgehead atoms. The summed E-state index contributed by atoms with van der Waals surface area (Å²) in [6.45, 7) is 3.99.